The summed E-state index contributed by atoms with van der Waals surface area (Å²) in [7, 11) is -2.13. The standard InChI is InChI=1S/C20H25NO4S/c1-13-10-15(24-5)11-14(2)19(13)26(22,23)21-17-12-20(3,4)25-18-9-7-6-8-16(17)18/h6-11,17,21H,12H2,1-5H3/t17-/m0/s1. The number of fused-ring (bicyclic) bond motifs is 1. The van der Waals surface area contributed by atoms with E-state index in [0.717, 1.165) is 11.3 Å². The van der Waals surface area contributed by atoms with Crippen molar-refractivity contribution in [2.45, 2.75) is 50.7 Å². The smallest absolute Gasteiger partial charge is 0.241 e. The van der Waals surface area contributed by atoms with Crippen LogP contribution in [0.15, 0.2) is 41.3 Å². The van der Waals surface area contributed by atoms with Crippen LogP contribution in [0.4, 0.5) is 0 Å². The third-order valence-corrected chi connectivity index (χ3v) is 6.39. The zero-order valence-corrected chi connectivity index (χ0v) is 16.6. The minimum atomic E-state index is -3.70. The minimum absolute atomic E-state index is 0.306. The molecule has 0 saturated carbocycles. The highest BCUT2D eigenvalue weighted by atomic mass is 32.2. The van der Waals surface area contributed by atoms with Crippen molar-refractivity contribution in [1.82, 2.24) is 4.72 Å². The lowest BCUT2D eigenvalue weighted by molar-refractivity contribution is 0.0702. The summed E-state index contributed by atoms with van der Waals surface area (Å²) >= 11 is 0. The van der Waals surface area contributed by atoms with Crippen LogP contribution in [0, 0.1) is 13.8 Å². The first-order valence-electron chi connectivity index (χ1n) is 8.58. The predicted molar refractivity (Wildman–Crippen MR) is 101 cm³/mol. The summed E-state index contributed by atoms with van der Waals surface area (Å²) in [6, 6.07) is 10.7. The highest BCUT2D eigenvalue weighted by Crippen LogP contribution is 2.40. The SMILES string of the molecule is COc1cc(C)c(S(=O)(=O)N[C@H]2CC(C)(C)Oc3ccccc32)c(C)c1. The number of rotatable bonds is 4. The van der Waals surface area contributed by atoms with Gasteiger partial charge in [-0.05, 0) is 57.0 Å². The monoisotopic (exact) mass is 375 g/mol. The molecule has 140 valence electrons. The second kappa shape index (κ2) is 6.59. The molecule has 0 aliphatic carbocycles. The van der Waals surface area contributed by atoms with Gasteiger partial charge >= 0.3 is 0 Å². The Kier molecular flexibility index (Phi) is 4.75. The molecule has 0 bridgehead atoms. The van der Waals surface area contributed by atoms with Crippen molar-refractivity contribution < 1.29 is 17.9 Å². The number of benzene rings is 2. The number of sulfonamides is 1. The number of hydrogen-bond acceptors (Lipinski definition) is 4. The van der Waals surface area contributed by atoms with E-state index < -0.39 is 15.6 Å². The maximum absolute atomic E-state index is 13.2. The number of hydrogen-bond donors (Lipinski definition) is 1. The van der Waals surface area contributed by atoms with Gasteiger partial charge in [0.1, 0.15) is 17.1 Å². The van der Waals surface area contributed by atoms with Crippen molar-refractivity contribution >= 4 is 10.0 Å². The van der Waals surface area contributed by atoms with E-state index in [9.17, 15) is 8.42 Å². The molecule has 3 rings (SSSR count). The van der Waals surface area contributed by atoms with E-state index in [-0.39, 0.29) is 6.04 Å². The molecule has 0 aromatic heterocycles. The lowest BCUT2D eigenvalue weighted by Gasteiger charge is -2.37. The molecule has 2 aromatic rings. The molecule has 0 saturated heterocycles. The summed E-state index contributed by atoms with van der Waals surface area (Å²) in [6.07, 6.45) is 0.553. The molecule has 0 radical (unpaired) electrons. The lowest BCUT2D eigenvalue weighted by atomic mass is 9.90. The molecule has 0 fully saturated rings. The van der Waals surface area contributed by atoms with Crippen LogP contribution in [0.25, 0.3) is 0 Å². The average molecular weight is 375 g/mol. The van der Waals surface area contributed by atoms with Crippen LogP contribution in [0.3, 0.4) is 0 Å². The Labute approximate surface area is 155 Å². The first kappa shape index (κ1) is 18.7. The molecule has 2 aromatic carbocycles. The summed E-state index contributed by atoms with van der Waals surface area (Å²) in [5.41, 5.74) is 1.73. The third-order valence-electron chi connectivity index (χ3n) is 4.61. The van der Waals surface area contributed by atoms with Crippen LogP contribution >= 0.6 is 0 Å². The largest absolute Gasteiger partial charge is 0.497 e. The zero-order valence-electron chi connectivity index (χ0n) is 15.8. The fourth-order valence-electron chi connectivity index (χ4n) is 3.61. The van der Waals surface area contributed by atoms with Crippen LogP contribution in [-0.4, -0.2) is 21.1 Å². The lowest BCUT2D eigenvalue weighted by Crippen LogP contribution is -2.41. The highest BCUT2D eigenvalue weighted by molar-refractivity contribution is 7.89. The summed E-state index contributed by atoms with van der Waals surface area (Å²) < 4.78 is 40.5. The fourth-order valence-corrected chi connectivity index (χ4v) is 5.27. The molecule has 0 unspecified atom stereocenters. The van der Waals surface area contributed by atoms with Gasteiger partial charge in [0.2, 0.25) is 10.0 Å². The normalized spacial score (nSPS) is 18.7. The Hall–Kier alpha value is -2.05. The third kappa shape index (κ3) is 3.57. The van der Waals surface area contributed by atoms with E-state index in [2.05, 4.69) is 4.72 Å². The molecule has 0 amide bonds. The van der Waals surface area contributed by atoms with E-state index in [0.29, 0.717) is 28.2 Å². The summed E-state index contributed by atoms with van der Waals surface area (Å²) in [5.74, 6) is 1.37. The van der Waals surface area contributed by atoms with Crippen LogP contribution in [0.2, 0.25) is 0 Å². The number of para-hydroxylation sites is 1. The molecule has 1 aliphatic heterocycles. The number of methoxy groups -OCH3 is 1. The van der Waals surface area contributed by atoms with Crippen LogP contribution in [0.5, 0.6) is 11.5 Å². The number of nitrogens with one attached hydrogen (secondary N) is 1. The van der Waals surface area contributed by atoms with E-state index in [1.807, 2.05) is 38.1 Å². The summed E-state index contributed by atoms with van der Waals surface area (Å²) in [4.78, 5) is 0.306. The van der Waals surface area contributed by atoms with Crippen LogP contribution < -0.4 is 14.2 Å². The van der Waals surface area contributed by atoms with Gasteiger partial charge in [-0.15, -0.1) is 0 Å². The Morgan fingerprint density at radius 1 is 1.15 bits per heavy atom. The van der Waals surface area contributed by atoms with Gasteiger partial charge in [-0.3, -0.25) is 0 Å². The van der Waals surface area contributed by atoms with E-state index in [4.69, 9.17) is 9.47 Å². The molecule has 1 aliphatic rings. The van der Waals surface area contributed by atoms with Gasteiger partial charge < -0.3 is 9.47 Å². The first-order valence-corrected chi connectivity index (χ1v) is 10.1. The predicted octanol–water partition coefficient (Wildman–Crippen LogP) is 3.89. The Bertz CT molecular complexity index is 912. The Morgan fingerprint density at radius 2 is 1.77 bits per heavy atom. The quantitative estimate of drug-likeness (QED) is 0.880. The van der Waals surface area contributed by atoms with Gasteiger partial charge in [-0.25, -0.2) is 13.1 Å². The van der Waals surface area contributed by atoms with Gasteiger partial charge in [0.05, 0.1) is 18.0 Å². The maximum atomic E-state index is 13.2. The van der Waals surface area contributed by atoms with Gasteiger partial charge in [0, 0.05) is 12.0 Å². The van der Waals surface area contributed by atoms with Crippen molar-refractivity contribution in [2.75, 3.05) is 7.11 Å². The average Bonchev–Trinajstić information content (AvgIpc) is 2.52. The first-order chi connectivity index (χ1) is 12.1. The van der Waals surface area contributed by atoms with Gasteiger partial charge in [-0.1, -0.05) is 18.2 Å². The van der Waals surface area contributed by atoms with Crippen molar-refractivity contribution in [3.8, 4) is 11.5 Å². The number of aryl methyl sites for hydroxylation is 2. The number of ether oxygens (including phenoxy) is 2. The highest BCUT2D eigenvalue weighted by Gasteiger charge is 2.36. The van der Waals surface area contributed by atoms with Crippen molar-refractivity contribution in [2.24, 2.45) is 0 Å². The zero-order chi connectivity index (χ0) is 19.1. The molecule has 26 heavy (non-hydrogen) atoms. The molecule has 1 heterocycles. The molecule has 0 spiro atoms. The summed E-state index contributed by atoms with van der Waals surface area (Å²) in [6.45, 7) is 7.50. The topological polar surface area (TPSA) is 64.6 Å². The molecular weight excluding hydrogens is 350 g/mol. The van der Waals surface area contributed by atoms with Crippen LogP contribution in [0.1, 0.15) is 43.0 Å². The fraction of sp³-hybridized carbons (Fsp3) is 0.400. The van der Waals surface area contributed by atoms with Crippen molar-refractivity contribution in [3.05, 3.63) is 53.1 Å². The minimum Gasteiger partial charge on any atom is -0.497 e. The second-order valence-electron chi connectivity index (χ2n) is 7.37. The molecular formula is C20H25NO4S. The van der Waals surface area contributed by atoms with E-state index >= 15 is 0 Å². The Balaban J connectivity index is 2.01. The van der Waals surface area contributed by atoms with Crippen molar-refractivity contribution in [3.63, 3.8) is 0 Å². The van der Waals surface area contributed by atoms with Gasteiger partial charge in [0.15, 0.2) is 0 Å². The van der Waals surface area contributed by atoms with Crippen molar-refractivity contribution in [1.29, 1.82) is 0 Å². The molecule has 1 N–H and O–H groups in total. The molecule has 6 heteroatoms. The molecule has 1 atom stereocenters. The second-order valence-corrected chi connectivity index (χ2v) is 9.02. The maximum Gasteiger partial charge on any atom is 0.241 e. The van der Waals surface area contributed by atoms with Crippen LogP contribution in [-0.2, 0) is 10.0 Å². The van der Waals surface area contributed by atoms with E-state index in [1.54, 1.807) is 33.1 Å². The van der Waals surface area contributed by atoms with E-state index in [1.165, 1.54) is 0 Å². The summed E-state index contributed by atoms with van der Waals surface area (Å²) in [5, 5.41) is 0. The van der Waals surface area contributed by atoms with Gasteiger partial charge in [0.25, 0.3) is 0 Å². The molecule has 5 nitrogen and oxygen atoms in total. The van der Waals surface area contributed by atoms with Gasteiger partial charge in [-0.2, -0.15) is 0 Å². The Morgan fingerprint density at radius 3 is 2.38 bits per heavy atom.